The number of rotatable bonds is 3. The van der Waals surface area contributed by atoms with Gasteiger partial charge in [0.2, 0.25) is 0 Å². The van der Waals surface area contributed by atoms with Gasteiger partial charge in [-0.2, -0.15) is 0 Å². The van der Waals surface area contributed by atoms with Crippen LogP contribution in [0.15, 0.2) is 4.99 Å². The van der Waals surface area contributed by atoms with Gasteiger partial charge in [-0.05, 0) is 39.0 Å². The Labute approximate surface area is 105 Å². The van der Waals surface area contributed by atoms with Crippen molar-refractivity contribution < 1.29 is 0 Å². The SMILES string of the molecule is CCCC[C@@H]1C[C@@H]2CC[C@@H]3C[C@H](C)NC(=N1)N32. The number of guanidine groups is 1. The number of unbranched alkanes of at least 4 members (excludes halogenated alkanes) is 1. The van der Waals surface area contributed by atoms with Crippen LogP contribution in [0.1, 0.15) is 58.8 Å². The van der Waals surface area contributed by atoms with E-state index in [4.69, 9.17) is 4.99 Å². The number of hydrogen-bond donors (Lipinski definition) is 1. The average Bonchev–Trinajstić information content (AvgIpc) is 2.70. The van der Waals surface area contributed by atoms with Crippen molar-refractivity contribution in [3.63, 3.8) is 0 Å². The molecule has 2 fully saturated rings. The van der Waals surface area contributed by atoms with Crippen molar-refractivity contribution in [1.82, 2.24) is 10.2 Å². The minimum Gasteiger partial charge on any atom is -0.354 e. The monoisotopic (exact) mass is 235 g/mol. The molecular formula is C14H25N3. The number of aliphatic imine (C=N–C) groups is 1. The minimum atomic E-state index is 0.586. The van der Waals surface area contributed by atoms with Gasteiger partial charge >= 0.3 is 0 Å². The number of hydrogen-bond acceptors (Lipinski definition) is 3. The van der Waals surface area contributed by atoms with E-state index in [1.165, 1.54) is 50.9 Å². The summed E-state index contributed by atoms with van der Waals surface area (Å²) < 4.78 is 0. The second-order valence-electron chi connectivity index (χ2n) is 6.06. The van der Waals surface area contributed by atoms with E-state index >= 15 is 0 Å². The van der Waals surface area contributed by atoms with E-state index in [1.54, 1.807) is 0 Å². The summed E-state index contributed by atoms with van der Waals surface area (Å²) in [6.45, 7) is 4.57. The zero-order valence-electron chi connectivity index (χ0n) is 11.2. The maximum Gasteiger partial charge on any atom is 0.194 e. The lowest BCUT2D eigenvalue weighted by Gasteiger charge is -2.44. The van der Waals surface area contributed by atoms with E-state index in [1.807, 2.05) is 0 Å². The lowest BCUT2D eigenvalue weighted by Crippen LogP contribution is -2.59. The Morgan fingerprint density at radius 3 is 2.82 bits per heavy atom. The molecule has 0 radical (unpaired) electrons. The molecule has 0 amide bonds. The van der Waals surface area contributed by atoms with Crippen LogP contribution in [0.4, 0.5) is 0 Å². The third-order valence-electron chi connectivity index (χ3n) is 4.61. The first-order valence-electron chi connectivity index (χ1n) is 7.40. The molecule has 0 aliphatic carbocycles. The van der Waals surface area contributed by atoms with Crippen LogP contribution in [0, 0.1) is 0 Å². The van der Waals surface area contributed by atoms with Gasteiger partial charge in [0.05, 0.1) is 6.04 Å². The molecule has 3 aliphatic rings. The molecule has 0 spiro atoms. The Bertz CT molecular complexity index is 313. The molecule has 96 valence electrons. The molecule has 0 aromatic carbocycles. The van der Waals surface area contributed by atoms with Crippen LogP contribution < -0.4 is 5.32 Å². The Balaban J connectivity index is 1.76. The predicted molar refractivity (Wildman–Crippen MR) is 71.2 cm³/mol. The second kappa shape index (κ2) is 4.51. The van der Waals surface area contributed by atoms with Gasteiger partial charge in [0.15, 0.2) is 5.96 Å². The van der Waals surface area contributed by atoms with Crippen molar-refractivity contribution in [2.24, 2.45) is 4.99 Å². The zero-order chi connectivity index (χ0) is 11.8. The summed E-state index contributed by atoms with van der Waals surface area (Å²) in [6, 6.07) is 2.76. The third-order valence-corrected chi connectivity index (χ3v) is 4.61. The van der Waals surface area contributed by atoms with E-state index in [9.17, 15) is 0 Å². The van der Waals surface area contributed by atoms with E-state index in [-0.39, 0.29) is 0 Å². The summed E-state index contributed by atoms with van der Waals surface area (Å²) in [5, 5.41) is 3.60. The molecule has 0 bridgehead atoms. The molecule has 4 atom stereocenters. The molecule has 0 aromatic rings. The van der Waals surface area contributed by atoms with E-state index < -0.39 is 0 Å². The zero-order valence-corrected chi connectivity index (χ0v) is 11.2. The first-order valence-corrected chi connectivity index (χ1v) is 7.40. The Kier molecular flexibility index (Phi) is 3.01. The lowest BCUT2D eigenvalue weighted by atomic mass is 9.99. The molecule has 3 heteroatoms. The van der Waals surface area contributed by atoms with Gasteiger partial charge in [-0.3, -0.25) is 0 Å². The van der Waals surface area contributed by atoms with Crippen LogP contribution in [0.3, 0.4) is 0 Å². The molecule has 2 saturated heterocycles. The van der Waals surface area contributed by atoms with Gasteiger partial charge in [0.1, 0.15) is 0 Å². The molecule has 17 heavy (non-hydrogen) atoms. The molecule has 1 N–H and O–H groups in total. The highest BCUT2D eigenvalue weighted by atomic mass is 15.4. The van der Waals surface area contributed by atoms with Gasteiger partial charge in [0.25, 0.3) is 0 Å². The average molecular weight is 235 g/mol. The molecule has 0 aromatic heterocycles. The fourth-order valence-corrected chi connectivity index (χ4v) is 3.80. The fraction of sp³-hybridized carbons (Fsp3) is 0.929. The van der Waals surface area contributed by atoms with Crippen LogP contribution in [-0.4, -0.2) is 35.0 Å². The van der Waals surface area contributed by atoms with Crippen LogP contribution in [-0.2, 0) is 0 Å². The largest absolute Gasteiger partial charge is 0.354 e. The minimum absolute atomic E-state index is 0.586. The van der Waals surface area contributed by atoms with E-state index in [0.717, 1.165) is 12.1 Å². The van der Waals surface area contributed by atoms with Gasteiger partial charge in [0, 0.05) is 18.1 Å². The van der Waals surface area contributed by atoms with Crippen molar-refractivity contribution >= 4 is 5.96 Å². The Morgan fingerprint density at radius 1 is 1.29 bits per heavy atom. The van der Waals surface area contributed by atoms with Gasteiger partial charge in [-0.1, -0.05) is 19.8 Å². The molecule has 3 nitrogen and oxygen atoms in total. The van der Waals surface area contributed by atoms with Crippen LogP contribution >= 0.6 is 0 Å². The molecular weight excluding hydrogens is 210 g/mol. The Morgan fingerprint density at radius 2 is 2.06 bits per heavy atom. The maximum atomic E-state index is 4.96. The lowest BCUT2D eigenvalue weighted by molar-refractivity contribution is 0.209. The quantitative estimate of drug-likeness (QED) is 0.814. The molecule has 0 unspecified atom stereocenters. The van der Waals surface area contributed by atoms with Gasteiger partial charge in [-0.15, -0.1) is 0 Å². The predicted octanol–water partition coefficient (Wildman–Crippen LogP) is 2.52. The highest BCUT2D eigenvalue weighted by molar-refractivity contribution is 5.83. The van der Waals surface area contributed by atoms with Crippen molar-refractivity contribution in [1.29, 1.82) is 0 Å². The molecule has 0 saturated carbocycles. The summed E-state index contributed by atoms with van der Waals surface area (Å²) in [5.41, 5.74) is 0. The van der Waals surface area contributed by atoms with E-state index in [2.05, 4.69) is 24.1 Å². The molecule has 3 heterocycles. The smallest absolute Gasteiger partial charge is 0.194 e. The van der Waals surface area contributed by atoms with Crippen LogP contribution in [0.5, 0.6) is 0 Å². The summed E-state index contributed by atoms with van der Waals surface area (Å²) in [4.78, 5) is 7.56. The standard InChI is InChI=1S/C14H25N3/c1-3-4-5-11-9-13-7-6-12-8-10(2)15-14(16-11)17(12)13/h10-13H,3-9H2,1-2H3,(H,15,16)/t10-,11+,12+,13-/m0/s1. The Hall–Kier alpha value is -0.730. The number of nitrogens with one attached hydrogen (secondary N) is 1. The highest BCUT2D eigenvalue weighted by Crippen LogP contribution is 2.36. The summed E-state index contributed by atoms with van der Waals surface area (Å²) in [6.07, 6.45) is 9.28. The first-order chi connectivity index (χ1) is 8.28. The third kappa shape index (κ3) is 2.04. The van der Waals surface area contributed by atoms with Gasteiger partial charge in [-0.25, -0.2) is 4.99 Å². The highest BCUT2D eigenvalue weighted by Gasteiger charge is 2.43. The van der Waals surface area contributed by atoms with Crippen molar-refractivity contribution in [2.75, 3.05) is 0 Å². The maximum absolute atomic E-state index is 4.96. The second-order valence-corrected chi connectivity index (χ2v) is 6.06. The summed E-state index contributed by atoms with van der Waals surface area (Å²) >= 11 is 0. The fourth-order valence-electron chi connectivity index (χ4n) is 3.80. The molecule has 3 rings (SSSR count). The normalized spacial score (nSPS) is 39.6. The topological polar surface area (TPSA) is 27.6 Å². The van der Waals surface area contributed by atoms with Crippen molar-refractivity contribution in [3.8, 4) is 0 Å². The van der Waals surface area contributed by atoms with Gasteiger partial charge < -0.3 is 10.2 Å². The summed E-state index contributed by atoms with van der Waals surface area (Å²) in [5.74, 6) is 1.23. The molecule has 3 aliphatic heterocycles. The van der Waals surface area contributed by atoms with Crippen molar-refractivity contribution in [3.05, 3.63) is 0 Å². The van der Waals surface area contributed by atoms with Crippen LogP contribution in [0.2, 0.25) is 0 Å². The first kappa shape index (κ1) is 11.4. The van der Waals surface area contributed by atoms with E-state index in [0.29, 0.717) is 12.1 Å². The summed E-state index contributed by atoms with van der Waals surface area (Å²) in [7, 11) is 0. The van der Waals surface area contributed by atoms with Crippen molar-refractivity contribution in [2.45, 2.75) is 83.0 Å². The van der Waals surface area contributed by atoms with Crippen LogP contribution in [0.25, 0.3) is 0 Å². The number of nitrogens with zero attached hydrogens (tertiary/aromatic N) is 2.